The van der Waals surface area contributed by atoms with Gasteiger partial charge in [-0.15, -0.1) is 0 Å². The minimum absolute atomic E-state index is 0.254. The number of ether oxygens (including phenoxy) is 1. The molecule has 1 saturated heterocycles. The number of nitrogens with zero attached hydrogens (tertiary/aromatic N) is 3. The summed E-state index contributed by atoms with van der Waals surface area (Å²) in [6.07, 6.45) is 1.66. The van der Waals surface area contributed by atoms with E-state index in [1.54, 1.807) is 30.5 Å². The lowest BCUT2D eigenvalue weighted by molar-refractivity contribution is 0.0600. The summed E-state index contributed by atoms with van der Waals surface area (Å²) in [5.41, 5.74) is 1.49. The molecule has 3 rings (SSSR count). The number of hydrogen-bond donors (Lipinski definition) is 1. The van der Waals surface area contributed by atoms with Crippen LogP contribution in [0.2, 0.25) is 0 Å². The van der Waals surface area contributed by atoms with E-state index in [9.17, 15) is 9.59 Å². The predicted octanol–water partition coefficient (Wildman–Crippen LogP) is 1.87. The largest absolute Gasteiger partial charge is 0.465 e. The first-order chi connectivity index (χ1) is 12.6. The van der Waals surface area contributed by atoms with Crippen LogP contribution in [0.25, 0.3) is 0 Å². The minimum Gasteiger partial charge on any atom is -0.465 e. The maximum absolute atomic E-state index is 12.3. The third kappa shape index (κ3) is 4.18. The van der Waals surface area contributed by atoms with Crippen molar-refractivity contribution in [3.05, 3.63) is 53.7 Å². The highest BCUT2D eigenvalue weighted by atomic mass is 16.5. The number of piperazine rings is 1. The topological polar surface area (TPSA) is 74.8 Å². The Morgan fingerprint density at radius 1 is 1.00 bits per heavy atom. The second-order valence-corrected chi connectivity index (χ2v) is 6.22. The Hall–Kier alpha value is -2.93. The summed E-state index contributed by atoms with van der Waals surface area (Å²) in [6.45, 7) is 3.92. The monoisotopic (exact) mass is 354 g/mol. The molecule has 0 spiro atoms. The molecule has 2 heterocycles. The van der Waals surface area contributed by atoms with Crippen molar-refractivity contribution in [1.29, 1.82) is 0 Å². The number of amides is 1. The van der Waals surface area contributed by atoms with Crippen LogP contribution in [0.1, 0.15) is 20.7 Å². The van der Waals surface area contributed by atoms with Gasteiger partial charge >= 0.3 is 5.97 Å². The minimum atomic E-state index is -0.430. The molecule has 136 valence electrons. The number of esters is 1. The number of carbonyl (C=O) groups excluding carboxylic acids is 2. The third-order valence-corrected chi connectivity index (χ3v) is 4.40. The van der Waals surface area contributed by atoms with Crippen LogP contribution in [-0.2, 0) is 4.74 Å². The van der Waals surface area contributed by atoms with Crippen molar-refractivity contribution in [2.24, 2.45) is 0 Å². The molecule has 1 aromatic carbocycles. The van der Waals surface area contributed by atoms with Gasteiger partial charge in [-0.05, 0) is 43.4 Å². The number of likely N-dealkylation sites (N-methyl/N-ethyl adjacent to an activating group) is 1. The molecule has 7 nitrogen and oxygen atoms in total. The molecular formula is C19H22N4O3. The van der Waals surface area contributed by atoms with Crippen LogP contribution in [-0.4, -0.2) is 62.1 Å². The van der Waals surface area contributed by atoms with Crippen molar-refractivity contribution in [1.82, 2.24) is 9.88 Å². The van der Waals surface area contributed by atoms with E-state index in [-0.39, 0.29) is 5.91 Å². The van der Waals surface area contributed by atoms with E-state index < -0.39 is 5.97 Å². The van der Waals surface area contributed by atoms with Gasteiger partial charge in [-0.3, -0.25) is 4.79 Å². The highest BCUT2D eigenvalue weighted by Gasteiger charge is 2.15. The van der Waals surface area contributed by atoms with E-state index in [2.05, 4.69) is 31.9 Å². The molecular weight excluding hydrogens is 332 g/mol. The Bertz CT molecular complexity index is 766. The van der Waals surface area contributed by atoms with Gasteiger partial charge in [-0.1, -0.05) is 0 Å². The molecule has 1 aliphatic heterocycles. The fraction of sp³-hybridized carbons (Fsp3) is 0.316. The molecule has 1 N–H and O–H groups in total. The fourth-order valence-corrected chi connectivity index (χ4v) is 2.76. The fourth-order valence-electron chi connectivity index (χ4n) is 2.76. The van der Waals surface area contributed by atoms with Crippen molar-refractivity contribution in [3.63, 3.8) is 0 Å². The Labute approximate surface area is 152 Å². The van der Waals surface area contributed by atoms with Crippen molar-refractivity contribution in [3.8, 4) is 0 Å². The molecule has 1 aromatic heterocycles. The molecule has 1 amide bonds. The number of benzene rings is 1. The number of aromatic nitrogens is 1. The van der Waals surface area contributed by atoms with E-state index in [1.165, 1.54) is 7.11 Å². The smallest absolute Gasteiger partial charge is 0.337 e. The zero-order valence-corrected chi connectivity index (χ0v) is 14.9. The molecule has 1 fully saturated rings. The summed E-state index contributed by atoms with van der Waals surface area (Å²) in [5.74, 6) is 0.231. The number of anilines is 2. The van der Waals surface area contributed by atoms with Gasteiger partial charge in [0.05, 0.1) is 24.6 Å². The molecule has 26 heavy (non-hydrogen) atoms. The molecule has 0 radical (unpaired) electrons. The number of methoxy groups -OCH3 is 1. The number of carbonyl (C=O) groups is 2. The van der Waals surface area contributed by atoms with Gasteiger partial charge in [0.25, 0.3) is 5.91 Å². The van der Waals surface area contributed by atoms with Crippen LogP contribution in [0.15, 0.2) is 42.6 Å². The zero-order valence-electron chi connectivity index (χ0n) is 14.9. The van der Waals surface area contributed by atoms with E-state index in [4.69, 9.17) is 0 Å². The molecule has 1 aliphatic rings. The summed E-state index contributed by atoms with van der Waals surface area (Å²) in [7, 11) is 3.43. The lowest BCUT2D eigenvalue weighted by Crippen LogP contribution is -2.44. The number of pyridine rings is 1. The second-order valence-electron chi connectivity index (χ2n) is 6.22. The lowest BCUT2D eigenvalue weighted by atomic mass is 10.1. The maximum atomic E-state index is 12.3. The molecule has 0 saturated carbocycles. The molecule has 2 aromatic rings. The van der Waals surface area contributed by atoms with Gasteiger partial charge in [0.15, 0.2) is 0 Å². The quantitative estimate of drug-likeness (QED) is 0.845. The first kappa shape index (κ1) is 17.9. The molecule has 7 heteroatoms. The van der Waals surface area contributed by atoms with E-state index in [0.717, 1.165) is 32.0 Å². The van der Waals surface area contributed by atoms with E-state index >= 15 is 0 Å². The van der Waals surface area contributed by atoms with Crippen molar-refractivity contribution < 1.29 is 14.3 Å². The zero-order chi connectivity index (χ0) is 18.5. The predicted molar refractivity (Wildman–Crippen MR) is 99.7 cm³/mol. The highest BCUT2D eigenvalue weighted by molar-refractivity contribution is 6.04. The summed E-state index contributed by atoms with van der Waals surface area (Å²) in [5, 5.41) is 2.81. The summed E-state index contributed by atoms with van der Waals surface area (Å²) in [6, 6.07) is 10.1. The average molecular weight is 354 g/mol. The van der Waals surface area contributed by atoms with Gasteiger partial charge in [-0.25, -0.2) is 9.78 Å². The Morgan fingerprint density at radius 2 is 1.65 bits per heavy atom. The first-order valence-electron chi connectivity index (χ1n) is 8.46. The van der Waals surface area contributed by atoms with Crippen LogP contribution >= 0.6 is 0 Å². The maximum Gasteiger partial charge on any atom is 0.337 e. The van der Waals surface area contributed by atoms with Crippen molar-refractivity contribution in [2.75, 3.05) is 50.6 Å². The average Bonchev–Trinajstić information content (AvgIpc) is 2.69. The lowest BCUT2D eigenvalue weighted by Gasteiger charge is -2.33. The van der Waals surface area contributed by atoms with Crippen LogP contribution in [0.5, 0.6) is 0 Å². The SMILES string of the molecule is COC(=O)c1ccc(C(=O)Nc2ccc(N3CCN(C)CC3)nc2)cc1. The van der Waals surface area contributed by atoms with Crippen molar-refractivity contribution >= 4 is 23.4 Å². The summed E-state index contributed by atoms with van der Waals surface area (Å²) < 4.78 is 4.64. The van der Waals surface area contributed by atoms with E-state index in [1.807, 2.05) is 12.1 Å². The van der Waals surface area contributed by atoms with Crippen LogP contribution in [0, 0.1) is 0 Å². The number of rotatable bonds is 4. The molecule has 0 unspecified atom stereocenters. The molecule has 0 bridgehead atoms. The van der Waals surface area contributed by atoms with Gasteiger partial charge in [0.2, 0.25) is 0 Å². The third-order valence-electron chi connectivity index (χ3n) is 4.40. The van der Waals surface area contributed by atoms with Gasteiger partial charge in [-0.2, -0.15) is 0 Å². The highest BCUT2D eigenvalue weighted by Crippen LogP contribution is 2.16. The Morgan fingerprint density at radius 3 is 2.23 bits per heavy atom. The van der Waals surface area contributed by atoms with Gasteiger partial charge < -0.3 is 19.9 Å². The Balaban J connectivity index is 1.61. The van der Waals surface area contributed by atoms with Crippen LogP contribution < -0.4 is 10.2 Å². The number of nitrogens with one attached hydrogen (secondary N) is 1. The normalized spacial score (nSPS) is 14.8. The summed E-state index contributed by atoms with van der Waals surface area (Å²) in [4.78, 5) is 32.7. The Kier molecular flexibility index (Phi) is 5.48. The van der Waals surface area contributed by atoms with Crippen molar-refractivity contribution in [2.45, 2.75) is 0 Å². The molecule has 0 aliphatic carbocycles. The van der Waals surface area contributed by atoms with E-state index in [0.29, 0.717) is 16.8 Å². The molecule has 0 atom stereocenters. The standard InChI is InChI=1S/C19H22N4O3/c1-22-9-11-23(12-10-22)17-8-7-16(13-20-17)21-18(24)14-3-5-15(6-4-14)19(25)26-2/h3-8,13H,9-12H2,1-2H3,(H,21,24). The number of hydrogen-bond acceptors (Lipinski definition) is 6. The van der Waals surface area contributed by atoms with Gasteiger partial charge in [0.1, 0.15) is 5.82 Å². The van der Waals surface area contributed by atoms with Gasteiger partial charge in [0, 0.05) is 31.7 Å². The van der Waals surface area contributed by atoms with Crippen LogP contribution in [0.4, 0.5) is 11.5 Å². The first-order valence-corrected chi connectivity index (χ1v) is 8.46. The second kappa shape index (κ2) is 7.97. The van der Waals surface area contributed by atoms with Crippen LogP contribution in [0.3, 0.4) is 0 Å². The summed E-state index contributed by atoms with van der Waals surface area (Å²) >= 11 is 0.